The second kappa shape index (κ2) is 6.43. The van der Waals surface area contributed by atoms with Crippen LogP contribution in [-0.4, -0.2) is 26.8 Å². The Balaban J connectivity index is 2.02. The highest BCUT2D eigenvalue weighted by Crippen LogP contribution is 2.34. The minimum atomic E-state index is -0.884. The molecule has 0 saturated heterocycles. The van der Waals surface area contributed by atoms with Crippen LogP contribution in [0.5, 0.6) is 0 Å². The summed E-state index contributed by atoms with van der Waals surface area (Å²) in [5, 5.41) is 10.6. The van der Waals surface area contributed by atoms with Crippen LogP contribution < -0.4 is 0 Å². The molecule has 118 valence electrons. The van der Waals surface area contributed by atoms with Crippen LogP contribution in [0.1, 0.15) is 5.56 Å². The predicted octanol–water partition coefficient (Wildman–Crippen LogP) is 5.02. The summed E-state index contributed by atoms with van der Waals surface area (Å²) in [6.45, 7) is 1.94. The molecule has 2 aromatic carbocycles. The molecule has 0 aliphatic rings. The van der Waals surface area contributed by atoms with Gasteiger partial charge in [0.25, 0.3) is 0 Å². The number of rotatable bonds is 4. The number of carbonyl (C=O) groups is 1. The molecule has 0 aliphatic heterocycles. The van der Waals surface area contributed by atoms with Crippen LogP contribution in [-0.2, 0) is 4.79 Å². The first-order valence-electron chi connectivity index (χ1n) is 6.74. The Morgan fingerprint density at radius 2 is 2.04 bits per heavy atom. The summed E-state index contributed by atoms with van der Waals surface area (Å²) in [5.41, 5.74) is 4.31. The molecule has 23 heavy (non-hydrogen) atoms. The van der Waals surface area contributed by atoms with Gasteiger partial charge in [-0.2, -0.15) is 0 Å². The molecular formula is C16H12Cl2N2O2S. The number of benzene rings is 2. The first-order chi connectivity index (χ1) is 10.9. The van der Waals surface area contributed by atoms with E-state index in [4.69, 9.17) is 28.3 Å². The molecule has 0 atom stereocenters. The normalized spacial score (nSPS) is 11.1. The highest BCUT2D eigenvalue weighted by molar-refractivity contribution is 7.99. The van der Waals surface area contributed by atoms with Crippen molar-refractivity contribution in [1.82, 2.24) is 9.97 Å². The summed E-state index contributed by atoms with van der Waals surface area (Å²) < 4.78 is 0. The van der Waals surface area contributed by atoms with Crippen molar-refractivity contribution < 1.29 is 9.90 Å². The number of hydrogen-bond donors (Lipinski definition) is 2. The number of fused-ring (bicyclic) bond motifs is 1. The SMILES string of the molecule is Cc1cc(-c2cc3nc(SCC(=O)O)[nH]c3cc2Cl)ccc1Cl. The topological polar surface area (TPSA) is 66.0 Å². The van der Waals surface area contributed by atoms with Crippen LogP contribution in [0.15, 0.2) is 35.5 Å². The first kappa shape index (κ1) is 16.2. The van der Waals surface area contributed by atoms with Gasteiger partial charge >= 0.3 is 5.97 Å². The number of aromatic amines is 1. The lowest BCUT2D eigenvalue weighted by Gasteiger charge is -2.07. The third-order valence-electron chi connectivity index (χ3n) is 3.35. The van der Waals surface area contributed by atoms with E-state index in [0.717, 1.165) is 39.5 Å². The minimum absolute atomic E-state index is 0.0449. The standard InChI is InChI=1S/C16H12Cl2N2O2S/c1-8-4-9(2-3-11(8)17)10-5-13-14(6-12(10)18)20-16(19-13)23-7-15(21)22/h2-6H,7H2,1H3,(H,19,20)(H,21,22). The molecule has 0 radical (unpaired) electrons. The van der Waals surface area contributed by atoms with Gasteiger partial charge in [0, 0.05) is 10.6 Å². The number of aliphatic carboxylic acids is 1. The van der Waals surface area contributed by atoms with E-state index >= 15 is 0 Å². The van der Waals surface area contributed by atoms with Crippen LogP contribution in [0.4, 0.5) is 0 Å². The Morgan fingerprint density at radius 3 is 2.74 bits per heavy atom. The Morgan fingerprint density at radius 1 is 1.26 bits per heavy atom. The molecule has 3 rings (SSSR count). The molecule has 0 unspecified atom stereocenters. The number of carboxylic acids is 1. The molecular weight excluding hydrogens is 355 g/mol. The van der Waals surface area contributed by atoms with Crippen LogP contribution in [0.2, 0.25) is 10.0 Å². The van der Waals surface area contributed by atoms with Crippen molar-refractivity contribution >= 4 is 52.0 Å². The Labute approximate surface area is 146 Å². The van der Waals surface area contributed by atoms with Crippen LogP contribution in [0.3, 0.4) is 0 Å². The quantitative estimate of drug-likeness (QED) is 0.636. The van der Waals surface area contributed by atoms with Crippen molar-refractivity contribution in [3.63, 3.8) is 0 Å². The second-order valence-corrected chi connectivity index (χ2v) is 6.82. The maximum absolute atomic E-state index is 10.6. The van der Waals surface area contributed by atoms with E-state index in [9.17, 15) is 4.79 Å². The van der Waals surface area contributed by atoms with Crippen LogP contribution in [0, 0.1) is 6.92 Å². The van der Waals surface area contributed by atoms with E-state index in [1.54, 1.807) is 6.07 Å². The number of halogens is 2. The zero-order valence-electron chi connectivity index (χ0n) is 12.1. The number of nitrogens with one attached hydrogen (secondary N) is 1. The summed E-state index contributed by atoms with van der Waals surface area (Å²) >= 11 is 13.6. The zero-order valence-corrected chi connectivity index (χ0v) is 14.4. The van der Waals surface area contributed by atoms with Crippen molar-refractivity contribution in [3.8, 4) is 11.1 Å². The van der Waals surface area contributed by atoms with E-state index in [0.29, 0.717) is 15.2 Å². The molecule has 0 spiro atoms. The van der Waals surface area contributed by atoms with E-state index in [2.05, 4.69) is 9.97 Å². The third-order valence-corrected chi connectivity index (χ3v) is 4.95. The molecule has 3 aromatic rings. The van der Waals surface area contributed by atoms with Crippen molar-refractivity contribution in [2.45, 2.75) is 12.1 Å². The van der Waals surface area contributed by atoms with Crippen LogP contribution >= 0.6 is 35.0 Å². The van der Waals surface area contributed by atoms with Gasteiger partial charge in [-0.1, -0.05) is 41.0 Å². The maximum Gasteiger partial charge on any atom is 0.313 e. The molecule has 4 nitrogen and oxygen atoms in total. The predicted molar refractivity (Wildman–Crippen MR) is 94.6 cm³/mol. The molecule has 1 heterocycles. The Kier molecular flexibility index (Phi) is 4.53. The van der Waals surface area contributed by atoms with Gasteiger partial charge in [-0.3, -0.25) is 4.79 Å². The molecule has 0 fully saturated rings. The van der Waals surface area contributed by atoms with Crippen molar-refractivity contribution in [2.75, 3.05) is 5.75 Å². The number of imidazole rings is 1. The smallest absolute Gasteiger partial charge is 0.313 e. The monoisotopic (exact) mass is 366 g/mol. The summed E-state index contributed by atoms with van der Waals surface area (Å²) in [7, 11) is 0. The second-order valence-electron chi connectivity index (χ2n) is 5.04. The van der Waals surface area contributed by atoms with E-state index in [1.165, 1.54) is 0 Å². The van der Waals surface area contributed by atoms with Gasteiger partial charge < -0.3 is 10.1 Å². The molecule has 0 aliphatic carbocycles. The molecule has 7 heteroatoms. The van der Waals surface area contributed by atoms with Crippen molar-refractivity contribution in [1.29, 1.82) is 0 Å². The lowest BCUT2D eigenvalue weighted by Crippen LogP contribution is -1.97. The molecule has 0 bridgehead atoms. The van der Waals surface area contributed by atoms with E-state index in [1.807, 2.05) is 31.2 Å². The Hall–Kier alpha value is -1.69. The zero-order chi connectivity index (χ0) is 16.6. The molecule has 0 amide bonds. The lowest BCUT2D eigenvalue weighted by molar-refractivity contribution is -0.133. The number of carboxylic acid groups (broad SMARTS) is 1. The number of aromatic nitrogens is 2. The molecule has 2 N–H and O–H groups in total. The fourth-order valence-electron chi connectivity index (χ4n) is 2.24. The highest BCUT2D eigenvalue weighted by atomic mass is 35.5. The number of aryl methyl sites for hydroxylation is 1. The fourth-order valence-corrected chi connectivity index (χ4v) is 3.23. The minimum Gasteiger partial charge on any atom is -0.481 e. The summed E-state index contributed by atoms with van der Waals surface area (Å²) in [4.78, 5) is 18.1. The van der Waals surface area contributed by atoms with Gasteiger partial charge in [-0.05, 0) is 42.3 Å². The maximum atomic E-state index is 10.6. The van der Waals surface area contributed by atoms with Gasteiger partial charge in [0.2, 0.25) is 0 Å². The number of hydrogen-bond acceptors (Lipinski definition) is 3. The molecule has 1 aromatic heterocycles. The summed E-state index contributed by atoms with van der Waals surface area (Å²) in [6, 6.07) is 9.42. The average Bonchev–Trinajstić information content (AvgIpc) is 2.89. The summed E-state index contributed by atoms with van der Waals surface area (Å²) in [6.07, 6.45) is 0. The fraction of sp³-hybridized carbons (Fsp3) is 0.125. The average molecular weight is 367 g/mol. The van der Waals surface area contributed by atoms with E-state index in [-0.39, 0.29) is 5.75 Å². The van der Waals surface area contributed by atoms with Gasteiger partial charge in [0.1, 0.15) is 0 Å². The van der Waals surface area contributed by atoms with Gasteiger partial charge in [0.15, 0.2) is 5.16 Å². The molecule has 0 saturated carbocycles. The largest absolute Gasteiger partial charge is 0.481 e. The van der Waals surface area contributed by atoms with Gasteiger partial charge in [-0.15, -0.1) is 0 Å². The lowest BCUT2D eigenvalue weighted by atomic mass is 10.0. The van der Waals surface area contributed by atoms with E-state index < -0.39 is 5.97 Å². The van der Waals surface area contributed by atoms with Gasteiger partial charge in [0.05, 0.1) is 21.8 Å². The summed E-state index contributed by atoms with van der Waals surface area (Å²) in [5.74, 6) is -0.928. The van der Waals surface area contributed by atoms with Crippen molar-refractivity contribution in [2.24, 2.45) is 0 Å². The van der Waals surface area contributed by atoms with Gasteiger partial charge in [-0.25, -0.2) is 4.98 Å². The number of nitrogens with zero attached hydrogens (tertiary/aromatic N) is 1. The number of H-pyrrole nitrogens is 1. The Bertz CT molecular complexity index is 908. The number of thioether (sulfide) groups is 1. The third kappa shape index (κ3) is 3.47. The van der Waals surface area contributed by atoms with Crippen molar-refractivity contribution in [3.05, 3.63) is 45.9 Å². The first-order valence-corrected chi connectivity index (χ1v) is 8.48. The highest BCUT2D eigenvalue weighted by Gasteiger charge is 2.11. The van der Waals surface area contributed by atoms with Crippen LogP contribution in [0.25, 0.3) is 22.2 Å².